The van der Waals surface area contributed by atoms with Gasteiger partial charge in [-0.25, -0.2) is 13.2 Å². The summed E-state index contributed by atoms with van der Waals surface area (Å²) in [4.78, 5) is 27.7. The van der Waals surface area contributed by atoms with Crippen LogP contribution in [0.15, 0.2) is 0 Å². The van der Waals surface area contributed by atoms with E-state index in [4.69, 9.17) is 0 Å². The number of hydrogen-bond acceptors (Lipinski definition) is 3. The van der Waals surface area contributed by atoms with Gasteiger partial charge in [-0.3, -0.25) is 14.5 Å². The predicted molar refractivity (Wildman–Crippen MR) is 125 cm³/mol. The zero-order valence-electron chi connectivity index (χ0n) is 20.5. The minimum absolute atomic E-state index is 0. The minimum atomic E-state index is -1.95. The van der Waals surface area contributed by atoms with Crippen LogP contribution in [0.5, 0.6) is 0 Å². The van der Waals surface area contributed by atoms with Gasteiger partial charge in [0.05, 0.1) is 12.0 Å². The number of alkyl halides is 3. The van der Waals surface area contributed by atoms with E-state index in [1.165, 1.54) is 0 Å². The van der Waals surface area contributed by atoms with Crippen LogP contribution >= 0.6 is 0 Å². The molecular weight excluding hydrogens is 431 g/mol. The van der Waals surface area contributed by atoms with Crippen molar-refractivity contribution >= 4 is 11.8 Å². The Hall–Kier alpha value is -1.31. The summed E-state index contributed by atoms with van der Waals surface area (Å²) in [5.74, 6) is -0.357. The normalized spacial score (nSPS) is 40.3. The third-order valence-corrected chi connectivity index (χ3v) is 8.49. The number of likely N-dealkylation sites (tertiary alicyclic amines) is 1. The first-order valence-electron chi connectivity index (χ1n) is 12.6. The van der Waals surface area contributed by atoms with Crippen LogP contribution in [0.25, 0.3) is 0 Å². The van der Waals surface area contributed by atoms with E-state index in [-0.39, 0.29) is 70.2 Å². The lowest BCUT2D eigenvalue weighted by Gasteiger charge is -2.53. The molecule has 0 radical (unpaired) electrons. The van der Waals surface area contributed by atoms with E-state index in [1.807, 2.05) is 20.8 Å². The Bertz CT molecular complexity index is 805. The molecule has 0 aromatic carbocycles. The van der Waals surface area contributed by atoms with Gasteiger partial charge in [0.25, 0.3) is 0 Å². The van der Waals surface area contributed by atoms with Crippen molar-refractivity contribution in [1.29, 1.82) is 0 Å². The average molecular weight is 476 g/mol. The van der Waals surface area contributed by atoms with E-state index >= 15 is 8.78 Å². The maximum Gasteiger partial charge on any atom is 0.234 e. The summed E-state index contributed by atoms with van der Waals surface area (Å²) in [5.41, 5.74) is -5.28. The van der Waals surface area contributed by atoms with Gasteiger partial charge in [0.15, 0.2) is 0 Å². The molecule has 2 amide bonds. The second kappa shape index (κ2) is 8.13. The summed E-state index contributed by atoms with van der Waals surface area (Å²) in [5, 5.41) is 6.06. The van der Waals surface area contributed by atoms with Gasteiger partial charge in [-0.2, -0.15) is 0 Å². The highest BCUT2D eigenvalue weighted by atomic mass is 19.2. The quantitative estimate of drug-likeness (QED) is 0.616. The van der Waals surface area contributed by atoms with Crippen LogP contribution in [-0.2, 0) is 9.59 Å². The standard InChI is InChI=1S/C25H40F3N3O2.2H2/c1-5-24(27)14-23(10-17(26)11-25(28,15-23)16-24)20(33)29-18-12-22(18)6-8-31(9-7-22)13-19(32)30-21(2,3)4;;/h17-18H,5-16H2,1-4H3,(H,29,33)(H,30,32);2*1H/t17?,18-,23?,24?,25?;;/m1../s1. The van der Waals surface area contributed by atoms with Gasteiger partial charge in [0.2, 0.25) is 11.8 Å². The summed E-state index contributed by atoms with van der Waals surface area (Å²) < 4.78 is 45.2. The molecular formula is C25H44F3N3O2. The van der Waals surface area contributed by atoms with Gasteiger partial charge in [0.1, 0.15) is 17.5 Å². The molecule has 5 nitrogen and oxygen atoms in total. The van der Waals surface area contributed by atoms with Crippen LogP contribution in [0.3, 0.4) is 0 Å². The summed E-state index contributed by atoms with van der Waals surface area (Å²) in [6, 6.07) is -0.0310. The summed E-state index contributed by atoms with van der Waals surface area (Å²) in [6.07, 6.45) is 0.431. The SMILES string of the molecule is CCC1(F)CC2(F)CC(F)CC(C(=O)N[C@@H]3CC34CCN(CC(=O)NC(C)(C)C)CC4)(C1)C2.[HH].[HH]. The number of piperidine rings is 1. The molecule has 2 N–H and O–H groups in total. The van der Waals surface area contributed by atoms with Crippen LogP contribution in [0, 0.1) is 10.8 Å². The van der Waals surface area contributed by atoms with Crippen LogP contribution < -0.4 is 10.6 Å². The van der Waals surface area contributed by atoms with Crippen molar-refractivity contribution < 1.29 is 25.6 Å². The van der Waals surface area contributed by atoms with E-state index < -0.39 is 22.9 Å². The molecule has 1 aliphatic heterocycles. The molecule has 1 spiro atoms. The number of amides is 2. The molecule has 4 fully saturated rings. The van der Waals surface area contributed by atoms with E-state index in [9.17, 15) is 14.0 Å². The minimum Gasteiger partial charge on any atom is -0.352 e. The smallest absolute Gasteiger partial charge is 0.234 e. The monoisotopic (exact) mass is 475 g/mol. The number of carbonyl (C=O) groups is 2. The molecule has 5 atom stereocenters. The molecule has 1 saturated heterocycles. The van der Waals surface area contributed by atoms with Crippen LogP contribution in [0.2, 0.25) is 0 Å². The fourth-order valence-electron chi connectivity index (χ4n) is 6.89. The van der Waals surface area contributed by atoms with Crippen LogP contribution in [0.1, 0.15) is 88.3 Å². The highest BCUT2D eigenvalue weighted by Gasteiger charge is 2.64. The topological polar surface area (TPSA) is 61.4 Å². The van der Waals surface area contributed by atoms with Crippen molar-refractivity contribution in [1.82, 2.24) is 15.5 Å². The van der Waals surface area contributed by atoms with Gasteiger partial charge in [-0.05, 0) is 84.2 Å². The van der Waals surface area contributed by atoms with Gasteiger partial charge in [-0.15, -0.1) is 0 Å². The van der Waals surface area contributed by atoms with Crippen molar-refractivity contribution in [2.45, 2.75) is 115 Å². The molecule has 3 aliphatic carbocycles. The fourth-order valence-corrected chi connectivity index (χ4v) is 6.89. The maximum absolute atomic E-state index is 15.4. The van der Waals surface area contributed by atoms with Gasteiger partial charge < -0.3 is 10.6 Å². The molecule has 3 saturated carbocycles. The predicted octanol–water partition coefficient (Wildman–Crippen LogP) is 4.49. The summed E-state index contributed by atoms with van der Waals surface area (Å²) >= 11 is 0. The van der Waals surface area contributed by atoms with Crippen LogP contribution in [-0.4, -0.2) is 65.4 Å². The maximum atomic E-state index is 15.4. The lowest BCUT2D eigenvalue weighted by atomic mass is 9.55. The summed E-state index contributed by atoms with van der Waals surface area (Å²) in [6.45, 7) is 9.46. The first kappa shape index (κ1) is 24.8. The van der Waals surface area contributed by atoms with E-state index in [1.54, 1.807) is 6.92 Å². The molecule has 2 bridgehead atoms. The van der Waals surface area contributed by atoms with Crippen molar-refractivity contribution in [2.24, 2.45) is 10.8 Å². The lowest BCUT2D eigenvalue weighted by Crippen LogP contribution is -2.60. The molecule has 1 heterocycles. The Balaban J connectivity index is 0.00000216. The number of rotatable bonds is 5. The zero-order chi connectivity index (χ0) is 24.3. The second-order valence-electron chi connectivity index (χ2n) is 12.6. The lowest BCUT2D eigenvalue weighted by molar-refractivity contribution is -0.161. The third-order valence-electron chi connectivity index (χ3n) is 8.49. The van der Waals surface area contributed by atoms with E-state index in [2.05, 4.69) is 15.5 Å². The third kappa shape index (κ3) is 5.20. The number of hydrogen-bond donors (Lipinski definition) is 2. The largest absolute Gasteiger partial charge is 0.352 e. The molecule has 192 valence electrons. The first-order valence-corrected chi connectivity index (χ1v) is 12.6. The molecule has 0 aromatic heterocycles. The number of fused-ring (bicyclic) bond motifs is 2. The van der Waals surface area contributed by atoms with Crippen molar-refractivity contribution in [3.05, 3.63) is 0 Å². The molecule has 4 aliphatic rings. The number of carbonyl (C=O) groups excluding carboxylic acids is 2. The fraction of sp³-hybridized carbons (Fsp3) is 0.920. The summed E-state index contributed by atoms with van der Waals surface area (Å²) in [7, 11) is 0. The average Bonchev–Trinajstić information content (AvgIpc) is 3.31. The van der Waals surface area contributed by atoms with E-state index in [0.717, 1.165) is 32.4 Å². The Kier molecular flexibility index (Phi) is 6.11. The van der Waals surface area contributed by atoms with Gasteiger partial charge in [-0.1, -0.05) is 6.92 Å². The van der Waals surface area contributed by atoms with Crippen molar-refractivity contribution in [3.63, 3.8) is 0 Å². The Morgan fingerprint density at radius 2 is 1.73 bits per heavy atom. The highest BCUT2D eigenvalue weighted by Crippen LogP contribution is 2.60. The Morgan fingerprint density at radius 3 is 2.33 bits per heavy atom. The molecule has 4 rings (SSSR count). The number of halogens is 3. The highest BCUT2D eigenvalue weighted by molar-refractivity contribution is 5.84. The molecule has 33 heavy (non-hydrogen) atoms. The number of nitrogens with one attached hydrogen (secondary N) is 2. The molecule has 4 unspecified atom stereocenters. The Morgan fingerprint density at radius 1 is 1.06 bits per heavy atom. The van der Waals surface area contributed by atoms with E-state index in [0.29, 0.717) is 6.54 Å². The molecule has 8 heteroatoms. The van der Waals surface area contributed by atoms with Gasteiger partial charge >= 0.3 is 0 Å². The van der Waals surface area contributed by atoms with Crippen molar-refractivity contribution in [3.8, 4) is 0 Å². The van der Waals surface area contributed by atoms with Gasteiger partial charge in [0, 0.05) is 27.3 Å². The van der Waals surface area contributed by atoms with Crippen molar-refractivity contribution in [2.75, 3.05) is 19.6 Å². The second-order valence-corrected chi connectivity index (χ2v) is 12.6. The van der Waals surface area contributed by atoms with Crippen LogP contribution in [0.4, 0.5) is 13.2 Å². The Labute approximate surface area is 198 Å². The first-order chi connectivity index (χ1) is 15.2. The molecule has 0 aromatic rings. The number of nitrogens with zero attached hydrogens (tertiary/aromatic N) is 1. The zero-order valence-corrected chi connectivity index (χ0v) is 20.5.